The largest absolute Gasteiger partial charge is 0.494 e. The van der Waals surface area contributed by atoms with Gasteiger partial charge < -0.3 is 9.47 Å². The monoisotopic (exact) mass is 552 g/mol. The van der Waals surface area contributed by atoms with E-state index in [-0.39, 0.29) is 10.7 Å². The van der Waals surface area contributed by atoms with Gasteiger partial charge in [-0.25, -0.2) is 0 Å². The molecule has 38 heavy (non-hydrogen) atoms. The second-order valence-corrected chi connectivity index (χ2v) is 12.4. The molecule has 0 radical (unpaired) electrons. The molecule has 2 aromatic carbocycles. The third kappa shape index (κ3) is 9.08. The molecule has 0 N–H and O–H groups in total. The van der Waals surface area contributed by atoms with E-state index < -0.39 is 0 Å². The zero-order valence-electron chi connectivity index (χ0n) is 23.2. The Hall–Kier alpha value is -1.92. The minimum absolute atomic E-state index is 0.150. The third-order valence-electron chi connectivity index (χ3n) is 6.93. The average molecular weight is 553 g/mol. The Labute approximate surface area is 238 Å². The van der Waals surface area contributed by atoms with E-state index in [2.05, 4.69) is 62.4 Å². The molecule has 4 rings (SSSR count). The minimum atomic E-state index is 0.150. The average Bonchev–Trinajstić information content (AvgIpc) is 3.53. The molecule has 0 unspecified atom stereocenters. The van der Waals surface area contributed by atoms with E-state index >= 15 is 0 Å². The fourth-order valence-corrected chi connectivity index (χ4v) is 7.12. The molecule has 0 aromatic heterocycles. The van der Waals surface area contributed by atoms with Crippen molar-refractivity contribution < 1.29 is 9.47 Å². The van der Waals surface area contributed by atoms with E-state index in [1.54, 1.807) is 23.5 Å². The van der Waals surface area contributed by atoms with Gasteiger partial charge in [0.15, 0.2) is 0 Å². The van der Waals surface area contributed by atoms with Crippen LogP contribution in [0.3, 0.4) is 0 Å². The number of hydrogen-bond donors (Lipinski definition) is 0. The van der Waals surface area contributed by atoms with Crippen LogP contribution in [0.1, 0.15) is 102 Å². The Morgan fingerprint density at radius 1 is 0.526 bits per heavy atom. The van der Waals surface area contributed by atoms with E-state index in [1.165, 1.54) is 64.2 Å². The van der Waals surface area contributed by atoms with Crippen LogP contribution in [0.5, 0.6) is 11.5 Å². The van der Waals surface area contributed by atoms with E-state index in [9.17, 15) is 0 Å². The number of fused-ring (bicyclic) bond motifs is 1. The molecule has 0 bridgehead atoms. The van der Waals surface area contributed by atoms with Crippen LogP contribution in [0.4, 0.5) is 0 Å². The molecule has 2 aliphatic heterocycles. The van der Waals surface area contributed by atoms with Crippen LogP contribution in [0.15, 0.2) is 58.5 Å². The number of aliphatic imine (C=N–C) groups is 2. The highest BCUT2D eigenvalue weighted by atomic mass is 32.2. The first-order chi connectivity index (χ1) is 18.8. The fourth-order valence-electron chi connectivity index (χ4n) is 4.63. The van der Waals surface area contributed by atoms with Crippen LogP contribution in [-0.4, -0.2) is 34.0 Å². The van der Waals surface area contributed by atoms with Gasteiger partial charge in [0.05, 0.1) is 13.2 Å². The first kappa shape index (κ1) is 29.1. The molecule has 2 aromatic rings. The summed E-state index contributed by atoms with van der Waals surface area (Å²) in [5, 5.41) is 2.46. The normalized spacial score (nSPS) is 18.3. The number of rotatable bonds is 18. The summed E-state index contributed by atoms with van der Waals surface area (Å²) >= 11 is 3.54. The van der Waals surface area contributed by atoms with E-state index in [0.29, 0.717) is 0 Å². The van der Waals surface area contributed by atoms with Crippen molar-refractivity contribution >= 4 is 33.6 Å². The Morgan fingerprint density at radius 2 is 0.895 bits per heavy atom. The zero-order chi connectivity index (χ0) is 26.4. The molecule has 0 spiro atoms. The van der Waals surface area contributed by atoms with Crippen molar-refractivity contribution in [3.8, 4) is 11.5 Å². The highest BCUT2D eigenvalue weighted by Gasteiger charge is 2.37. The molecule has 6 heteroatoms. The van der Waals surface area contributed by atoms with Crippen molar-refractivity contribution in [2.75, 3.05) is 13.2 Å². The zero-order valence-corrected chi connectivity index (χ0v) is 24.8. The summed E-state index contributed by atoms with van der Waals surface area (Å²) < 4.78 is 11.9. The summed E-state index contributed by atoms with van der Waals surface area (Å²) in [6, 6.07) is 16.8. The second-order valence-electron chi connectivity index (χ2n) is 10.2. The summed E-state index contributed by atoms with van der Waals surface area (Å²) in [6.07, 6.45) is 15.4. The van der Waals surface area contributed by atoms with Crippen molar-refractivity contribution in [2.45, 2.75) is 102 Å². The summed E-state index contributed by atoms with van der Waals surface area (Å²) in [6.45, 7) is 6.11. The van der Waals surface area contributed by atoms with Gasteiger partial charge in [-0.2, -0.15) is 0 Å². The Kier molecular flexibility index (Phi) is 12.4. The summed E-state index contributed by atoms with van der Waals surface area (Å²) in [5.41, 5.74) is 2.31. The van der Waals surface area contributed by atoms with Crippen LogP contribution in [0.2, 0.25) is 0 Å². The summed E-state index contributed by atoms with van der Waals surface area (Å²) in [5.74, 6) is 1.89. The van der Waals surface area contributed by atoms with Gasteiger partial charge in [0.1, 0.15) is 32.3 Å². The van der Waals surface area contributed by atoms with Gasteiger partial charge >= 0.3 is 0 Å². The molecule has 4 nitrogen and oxygen atoms in total. The second kappa shape index (κ2) is 16.2. The standard InChI is InChI=1S/C32H44N2O2S2/c1-3-5-7-9-11-13-23-35-27-19-15-25(16-20-27)29-33-31-32(37-29)34-30(38-31)26-17-21-28(22-18-26)36-24-14-12-10-8-6-4-2/h15-22,31-32H,3-14,23-24H2,1-2H3/t31-,32+. The highest BCUT2D eigenvalue weighted by molar-refractivity contribution is 8.20. The first-order valence-electron chi connectivity index (χ1n) is 14.7. The van der Waals surface area contributed by atoms with Gasteiger partial charge in [-0.3, -0.25) is 9.98 Å². The lowest BCUT2D eigenvalue weighted by Gasteiger charge is -2.08. The highest BCUT2D eigenvalue weighted by Crippen LogP contribution is 2.43. The number of ether oxygens (including phenoxy) is 2. The lowest BCUT2D eigenvalue weighted by Crippen LogP contribution is -2.03. The van der Waals surface area contributed by atoms with Gasteiger partial charge in [-0.05, 0) is 61.4 Å². The van der Waals surface area contributed by atoms with E-state index in [4.69, 9.17) is 19.5 Å². The molecule has 2 heterocycles. The van der Waals surface area contributed by atoms with Crippen molar-refractivity contribution in [2.24, 2.45) is 9.98 Å². The van der Waals surface area contributed by atoms with Gasteiger partial charge in [-0.1, -0.05) is 102 Å². The fraction of sp³-hybridized carbons (Fsp3) is 0.562. The van der Waals surface area contributed by atoms with Crippen LogP contribution in [0.25, 0.3) is 0 Å². The van der Waals surface area contributed by atoms with Crippen molar-refractivity contribution in [1.29, 1.82) is 0 Å². The predicted molar refractivity (Wildman–Crippen MR) is 166 cm³/mol. The Morgan fingerprint density at radius 3 is 1.29 bits per heavy atom. The lowest BCUT2D eigenvalue weighted by atomic mass is 10.1. The molecule has 0 saturated carbocycles. The van der Waals surface area contributed by atoms with Crippen molar-refractivity contribution in [1.82, 2.24) is 0 Å². The van der Waals surface area contributed by atoms with E-state index in [0.717, 1.165) is 58.8 Å². The van der Waals surface area contributed by atoms with Gasteiger partial charge in [-0.15, -0.1) is 0 Å². The lowest BCUT2D eigenvalue weighted by molar-refractivity contribution is 0.304. The quantitative estimate of drug-likeness (QED) is 0.173. The number of benzene rings is 2. The third-order valence-corrected chi connectivity index (χ3v) is 9.44. The van der Waals surface area contributed by atoms with Crippen LogP contribution in [-0.2, 0) is 0 Å². The van der Waals surface area contributed by atoms with Gasteiger partial charge in [0, 0.05) is 11.1 Å². The van der Waals surface area contributed by atoms with Gasteiger partial charge in [0.2, 0.25) is 0 Å². The molecule has 2 aliphatic rings. The molecule has 2 atom stereocenters. The first-order valence-corrected chi connectivity index (χ1v) is 16.5. The van der Waals surface area contributed by atoms with Crippen molar-refractivity contribution in [3.05, 3.63) is 59.7 Å². The SMILES string of the molecule is CCCCCCCCOc1ccc(C2=N[C@H]3SC(c4ccc(OCCCCCCCC)cc4)=N[C@@H]3S2)cc1. The number of nitrogens with zero attached hydrogens (tertiary/aromatic N) is 2. The number of unbranched alkanes of at least 4 members (excludes halogenated alkanes) is 10. The summed E-state index contributed by atoms with van der Waals surface area (Å²) in [7, 11) is 0. The molecule has 0 aliphatic carbocycles. The minimum Gasteiger partial charge on any atom is -0.494 e. The molecule has 0 amide bonds. The van der Waals surface area contributed by atoms with Crippen LogP contribution < -0.4 is 9.47 Å². The van der Waals surface area contributed by atoms with Crippen molar-refractivity contribution in [3.63, 3.8) is 0 Å². The predicted octanol–water partition coefficient (Wildman–Crippen LogP) is 9.50. The smallest absolute Gasteiger partial charge is 0.134 e. The van der Waals surface area contributed by atoms with Gasteiger partial charge in [0.25, 0.3) is 0 Å². The molecule has 206 valence electrons. The van der Waals surface area contributed by atoms with Crippen LogP contribution in [0, 0.1) is 0 Å². The maximum atomic E-state index is 5.94. The van der Waals surface area contributed by atoms with E-state index in [1.807, 2.05) is 0 Å². The molecular weight excluding hydrogens is 508 g/mol. The maximum absolute atomic E-state index is 5.94. The maximum Gasteiger partial charge on any atom is 0.134 e. The van der Waals surface area contributed by atoms with Crippen LogP contribution >= 0.6 is 23.5 Å². The molecule has 0 saturated heterocycles. The summed E-state index contributed by atoms with van der Waals surface area (Å²) in [4.78, 5) is 9.99. The molecular formula is C32H44N2O2S2. The Balaban J connectivity index is 1.17. The Bertz CT molecular complexity index is 937. The number of thioether (sulfide) groups is 2. The molecule has 0 fully saturated rings. The number of hydrogen-bond acceptors (Lipinski definition) is 6. The topological polar surface area (TPSA) is 43.2 Å².